The Kier molecular flexibility index (Phi) is 3.20. The predicted molar refractivity (Wildman–Crippen MR) is 67.5 cm³/mol. The molecule has 0 aliphatic carbocycles. The first-order chi connectivity index (χ1) is 10.0. The van der Waals surface area contributed by atoms with Crippen LogP contribution < -0.4 is 10.6 Å². The second-order valence-corrected chi connectivity index (χ2v) is 5.10. The lowest BCUT2D eigenvalue weighted by molar-refractivity contribution is -0.119. The van der Waals surface area contributed by atoms with Gasteiger partial charge in [0.1, 0.15) is 0 Å². The summed E-state index contributed by atoms with van der Waals surface area (Å²) in [6.07, 6.45) is 1.65. The second-order valence-electron chi connectivity index (χ2n) is 5.10. The standard InChI is InChI=1S/C11H14N6O4/c18-9-1-6(2-12-9)13-11(21)16-3-7(4-16)17-5-8(10(19)20)14-15-17/h5-7H,1-4H2,(H,12,18)(H,13,21)(H,19,20). The highest BCUT2D eigenvalue weighted by molar-refractivity contribution is 5.84. The first-order valence-corrected chi connectivity index (χ1v) is 6.50. The number of nitrogens with one attached hydrogen (secondary N) is 2. The van der Waals surface area contributed by atoms with Crippen LogP contribution in [-0.2, 0) is 4.79 Å². The number of rotatable bonds is 3. The van der Waals surface area contributed by atoms with E-state index in [9.17, 15) is 14.4 Å². The van der Waals surface area contributed by atoms with E-state index < -0.39 is 5.97 Å². The van der Waals surface area contributed by atoms with Gasteiger partial charge in [-0.1, -0.05) is 5.21 Å². The molecule has 1 aromatic heterocycles. The fourth-order valence-electron chi connectivity index (χ4n) is 2.31. The maximum Gasteiger partial charge on any atom is 0.358 e. The molecule has 3 rings (SSSR count). The zero-order chi connectivity index (χ0) is 15.0. The third kappa shape index (κ3) is 2.64. The molecule has 1 aromatic rings. The molecule has 2 saturated heterocycles. The largest absolute Gasteiger partial charge is 0.476 e. The molecule has 0 radical (unpaired) electrons. The molecule has 3 heterocycles. The molecule has 3 N–H and O–H groups in total. The van der Waals surface area contributed by atoms with E-state index in [1.807, 2.05) is 0 Å². The van der Waals surface area contributed by atoms with Crippen molar-refractivity contribution >= 4 is 17.9 Å². The fraction of sp³-hybridized carbons (Fsp3) is 0.545. The number of carbonyl (C=O) groups excluding carboxylic acids is 2. The zero-order valence-electron chi connectivity index (χ0n) is 11.0. The molecule has 3 amide bonds. The van der Waals surface area contributed by atoms with Gasteiger partial charge in [-0.2, -0.15) is 0 Å². The Bertz CT molecular complexity index is 593. The van der Waals surface area contributed by atoms with Crippen molar-refractivity contribution in [3.8, 4) is 0 Å². The number of carboxylic acid groups (broad SMARTS) is 1. The number of nitrogens with zero attached hydrogens (tertiary/aromatic N) is 4. The molecular weight excluding hydrogens is 280 g/mol. The summed E-state index contributed by atoms with van der Waals surface area (Å²) >= 11 is 0. The van der Waals surface area contributed by atoms with Crippen LogP contribution in [-0.4, -0.2) is 68.6 Å². The summed E-state index contributed by atoms with van der Waals surface area (Å²) in [6.45, 7) is 1.32. The van der Waals surface area contributed by atoms with Crippen LogP contribution in [0.4, 0.5) is 4.79 Å². The van der Waals surface area contributed by atoms with Crippen molar-refractivity contribution in [3.05, 3.63) is 11.9 Å². The minimum Gasteiger partial charge on any atom is -0.476 e. The van der Waals surface area contributed by atoms with E-state index in [4.69, 9.17) is 5.11 Å². The van der Waals surface area contributed by atoms with Crippen molar-refractivity contribution in [3.63, 3.8) is 0 Å². The minimum absolute atomic E-state index is 0.0643. The van der Waals surface area contributed by atoms with E-state index in [1.54, 1.807) is 4.90 Å². The maximum atomic E-state index is 11.9. The van der Waals surface area contributed by atoms with Crippen molar-refractivity contribution in [2.45, 2.75) is 18.5 Å². The summed E-state index contributed by atoms with van der Waals surface area (Å²) in [4.78, 5) is 35.2. The Morgan fingerprint density at radius 3 is 2.76 bits per heavy atom. The number of carboxylic acids is 1. The van der Waals surface area contributed by atoms with Gasteiger partial charge >= 0.3 is 12.0 Å². The van der Waals surface area contributed by atoms with E-state index >= 15 is 0 Å². The lowest BCUT2D eigenvalue weighted by Gasteiger charge is -2.39. The number of aromatic carboxylic acids is 1. The molecule has 10 nitrogen and oxygen atoms in total. The number of amides is 3. The van der Waals surface area contributed by atoms with Crippen molar-refractivity contribution in [2.75, 3.05) is 19.6 Å². The Morgan fingerprint density at radius 2 is 2.19 bits per heavy atom. The van der Waals surface area contributed by atoms with Crippen molar-refractivity contribution in [2.24, 2.45) is 0 Å². The molecule has 2 aliphatic rings. The second kappa shape index (κ2) is 5.04. The van der Waals surface area contributed by atoms with Gasteiger partial charge in [-0.15, -0.1) is 5.10 Å². The lowest BCUT2D eigenvalue weighted by atomic mass is 10.1. The Labute approximate surface area is 119 Å². The SMILES string of the molecule is O=C1CC(NC(=O)N2CC(n3cc(C(=O)O)nn3)C2)CN1. The van der Waals surface area contributed by atoms with Crippen LogP contribution in [0.2, 0.25) is 0 Å². The first kappa shape index (κ1) is 13.3. The van der Waals surface area contributed by atoms with E-state index in [-0.39, 0.29) is 29.7 Å². The number of hydrogen-bond donors (Lipinski definition) is 3. The summed E-state index contributed by atoms with van der Waals surface area (Å²) in [5.41, 5.74) is -0.117. The molecule has 2 aliphatic heterocycles. The maximum absolute atomic E-state index is 11.9. The van der Waals surface area contributed by atoms with E-state index in [0.29, 0.717) is 26.1 Å². The summed E-state index contributed by atoms with van der Waals surface area (Å²) in [5, 5.41) is 21.5. The van der Waals surface area contributed by atoms with Gasteiger partial charge in [0.15, 0.2) is 5.69 Å². The zero-order valence-corrected chi connectivity index (χ0v) is 11.0. The molecule has 0 aromatic carbocycles. The van der Waals surface area contributed by atoms with Crippen LogP contribution in [0, 0.1) is 0 Å². The highest BCUT2D eigenvalue weighted by Gasteiger charge is 2.34. The van der Waals surface area contributed by atoms with Crippen LogP contribution in [0.5, 0.6) is 0 Å². The highest BCUT2D eigenvalue weighted by atomic mass is 16.4. The summed E-state index contributed by atoms with van der Waals surface area (Å²) in [5.74, 6) is -1.20. The van der Waals surface area contributed by atoms with Crippen molar-refractivity contribution in [1.29, 1.82) is 0 Å². The Morgan fingerprint density at radius 1 is 1.43 bits per heavy atom. The molecule has 1 atom stereocenters. The van der Waals surface area contributed by atoms with Crippen molar-refractivity contribution < 1.29 is 19.5 Å². The number of hydrogen-bond acceptors (Lipinski definition) is 5. The average molecular weight is 294 g/mol. The van der Waals surface area contributed by atoms with E-state index in [0.717, 1.165) is 0 Å². The molecule has 10 heteroatoms. The third-order valence-corrected chi connectivity index (χ3v) is 3.56. The van der Waals surface area contributed by atoms with Gasteiger partial charge in [0.05, 0.1) is 18.3 Å². The molecular formula is C11H14N6O4. The first-order valence-electron chi connectivity index (χ1n) is 6.50. The molecule has 2 fully saturated rings. The van der Waals surface area contributed by atoms with Crippen LogP contribution >= 0.6 is 0 Å². The topological polar surface area (TPSA) is 129 Å². The van der Waals surface area contributed by atoms with E-state index in [1.165, 1.54) is 10.9 Å². The average Bonchev–Trinajstić information content (AvgIpc) is 2.97. The van der Waals surface area contributed by atoms with Crippen LogP contribution in [0.25, 0.3) is 0 Å². The van der Waals surface area contributed by atoms with Crippen molar-refractivity contribution in [1.82, 2.24) is 30.5 Å². The van der Waals surface area contributed by atoms with Gasteiger partial charge in [-0.05, 0) is 0 Å². The van der Waals surface area contributed by atoms with Gasteiger partial charge in [-0.3, -0.25) is 4.79 Å². The molecule has 1 unspecified atom stereocenters. The van der Waals surface area contributed by atoms with Crippen LogP contribution in [0.1, 0.15) is 23.0 Å². The van der Waals surface area contributed by atoms with E-state index in [2.05, 4.69) is 20.9 Å². The van der Waals surface area contributed by atoms with Crippen LogP contribution in [0.15, 0.2) is 6.20 Å². The lowest BCUT2D eigenvalue weighted by Crippen LogP contribution is -2.56. The quantitative estimate of drug-likeness (QED) is 0.617. The summed E-state index contributed by atoms with van der Waals surface area (Å²) < 4.78 is 1.45. The normalized spacial score (nSPS) is 21.8. The molecule has 0 bridgehead atoms. The monoisotopic (exact) mass is 294 g/mol. The predicted octanol–water partition coefficient (Wildman–Crippen LogP) is -1.57. The van der Waals surface area contributed by atoms with Gasteiger partial charge in [0.2, 0.25) is 5.91 Å². The minimum atomic E-state index is -1.13. The van der Waals surface area contributed by atoms with Gasteiger partial charge in [-0.25, -0.2) is 14.3 Å². The highest BCUT2D eigenvalue weighted by Crippen LogP contribution is 2.20. The third-order valence-electron chi connectivity index (χ3n) is 3.56. The number of aromatic nitrogens is 3. The summed E-state index contributed by atoms with van der Waals surface area (Å²) in [6, 6.07) is -0.472. The molecule has 21 heavy (non-hydrogen) atoms. The molecule has 0 spiro atoms. The fourth-order valence-corrected chi connectivity index (χ4v) is 2.31. The summed E-state index contributed by atoms with van der Waals surface area (Å²) in [7, 11) is 0. The van der Waals surface area contributed by atoms with Gasteiger partial charge in [0.25, 0.3) is 0 Å². The van der Waals surface area contributed by atoms with Gasteiger partial charge < -0.3 is 20.6 Å². The smallest absolute Gasteiger partial charge is 0.358 e. The Hall–Kier alpha value is -2.65. The van der Waals surface area contributed by atoms with Crippen LogP contribution in [0.3, 0.4) is 0 Å². The number of urea groups is 1. The molecule has 0 saturated carbocycles. The number of likely N-dealkylation sites (tertiary alicyclic amines) is 1. The Balaban J connectivity index is 1.49. The number of carbonyl (C=O) groups is 3. The molecule has 112 valence electrons. The van der Waals surface area contributed by atoms with Gasteiger partial charge in [0, 0.05) is 26.1 Å².